The second kappa shape index (κ2) is 4.77. The number of rotatable bonds is 1. The molecule has 1 fully saturated rings. The molecule has 0 radical (unpaired) electrons. The van der Waals surface area contributed by atoms with E-state index >= 15 is 0 Å². The Hall–Kier alpha value is -2.12. The van der Waals surface area contributed by atoms with Crippen molar-refractivity contribution in [2.45, 2.75) is 19.4 Å². The van der Waals surface area contributed by atoms with Crippen LogP contribution in [0.2, 0.25) is 0 Å². The van der Waals surface area contributed by atoms with E-state index in [2.05, 4.69) is 30.1 Å². The average molecular weight is 266 g/mol. The molecule has 1 N–H and O–H groups in total. The average Bonchev–Trinajstić information content (AvgIpc) is 2.45. The summed E-state index contributed by atoms with van der Waals surface area (Å²) in [5.41, 5.74) is 1.65. The second-order valence-electron chi connectivity index (χ2n) is 5.89. The molecule has 4 nitrogen and oxygen atoms in total. The first-order chi connectivity index (χ1) is 9.59. The van der Waals surface area contributed by atoms with Crippen LogP contribution < -0.4 is 10.2 Å². The smallest absolute Gasteiger partial charge is 0.130 e. The lowest BCUT2D eigenvalue weighted by Gasteiger charge is -2.39. The van der Waals surface area contributed by atoms with Gasteiger partial charge in [0.15, 0.2) is 0 Å². The van der Waals surface area contributed by atoms with E-state index in [4.69, 9.17) is 4.98 Å². The number of nitrogens with zero attached hydrogens (tertiary/aromatic N) is 3. The van der Waals surface area contributed by atoms with Gasteiger partial charge in [-0.2, -0.15) is 5.26 Å². The summed E-state index contributed by atoms with van der Waals surface area (Å²) >= 11 is 0. The monoisotopic (exact) mass is 266 g/mol. The molecule has 2 heterocycles. The fourth-order valence-corrected chi connectivity index (χ4v) is 2.75. The first kappa shape index (κ1) is 12.9. The van der Waals surface area contributed by atoms with Gasteiger partial charge in [0, 0.05) is 30.6 Å². The summed E-state index contributed by atoms with van der Waals surface area (Å²) in [7, 11) is 0. The Morgan fingerprint density at radius 1 is 1.35 bits per heavy atom. The van der Waals surface area contributed by atoms with Crippen LogP contribution in [0.4, 0.5) is 5.82 Å². The lowest BCUT2D eigenvalue weighted by Crippen LogP contribution is -2.57. The Balaban J connectivity index is 2.06. The minimum Gasteiger partial charge on any atom is -0.353 e. The zero-order valence-electron chi connectivity index (χ0n) is 11.8. The van der Waals surface area contributed by atoms with Crippen LogP contribution in [0.3, 0.4) is 0 Å². The number of hydrogen-bond donors (Lipinski definition) is 1. The van der Waals surface area contributed by atoms with E-state index in [0.29, 0.717) is 5.56 Å². The van der Waals surface area contributed by atoms with Gasteiger partial charge in [-0.05, 0) is 26.0 Å². The Bertz CT molecular complexity index is 684. The van der Waals surface area contributed by atoms with Crippen LogP contribution >= 0.6 is 0 Å². The number of benzene rings is 1. The van der Waals surface area contributed by atoms with Crippen molar-refractivity contribution in [1.29, 1.82) is 5.26 Å². The highest BCUT2D eigenvalue weighted by molar-refractivity contribution is 5.86. The third kappa shape index (κ3) is 2.33. The predicted octanol–water partition coefficient (Wildman–Crippen LogP) is 2.29. The van der Waals surface area contributed by atoms with Gasteiger partial charge in [-0.3, -0.25) is 0 Å². The van der Waals surface area contributed by atoms with Gasteiger partial charge in [0.05, 0.1) is 17.1 Å². The zero-order valence-corrected chi connectivity index (χ0v) is 11.8. The van der Waals surface area contributed by atoms with Crippen LogP contribution in [-0.2, 0) is 0 Å². The number of aromatic nitrogens is 1. The fraction of sp³-hybridized carbons (Fsp3) is 0.375. The predicted molar refractivity (Wildman–Crippen MR) is 80.8 cm³/mol. The van der Waals surface area contributed by atoms with Gasteiger partial charge >= 0.3 is 0 Å². The molecule has 0 bridgehead atoms. The third-order valence-corrected chi connectivity index (χ3v) is 3.72. The van der Waals surface area contributed by atoms with Crippen molar-refractivity contribution in [3.05, 3.63) is 35.9 Å². The van der Waals surface area contributed by atoms with E-state index in [0.717, 1.165) is 36.4 Å². The molecule has 0 aliphatic carbocycles. The number of anilines is 1. The SMILES string of the molecule is CC1(C)CN(c2cc(C#N)c3ccccc3n2)CCN1. The van der Waals surface area contributed by atoms with Crippen molar-refractivity contribution in [2.24, 2.45) is 0 Å². The Morgan fingerprint density at radius 2 is 2.15 bits per heavy atom. The highest BCUT2D eigenvalue weighted by Gasteiger charge is 2.26. The molecule has 3 rings (SSSR count). The summed E-state index contributed by atoms with van der Waals surface area (Å²) in [4.78, 5) is 6.97. The minimum absolute atomic E-state index is 0.0678. The van der Waals surface area contributed by atoms with Crippen LogP contribution in [0.1, 0.15) is 19.4 Å². The molecule has 1 aliphatic heterocycles. The lowest BCUT2D eigenvalue weighted by molar-refractivity contribution is 0.352. The first-order valence-electron chi connectivity index (χ1n) is 6.89. The van der Waals surface area contributed by atoms with Gasteiger partial charge < -0.3 is 10.2 Å². The molecule has 2 aromatic rings. The maximum absolute atomic E-state index is 9.35. The van der Waals surface area contributed by atoms with Gasteiger partial charge in [-0.15, -0.1) is 0 Å². The van der Waals surface area contributed by atoms with Crippen molar-refractivity contribution >= 4 is 16.7 Å². The van der Waals surface area contributed by atoms with Crippen molar-refractivity contribution in [2.75, 3.05) is 24.5 Å². The minimum atomic E-state index is 0.0678. The van der Waals surface area contributed by atoms with Gasteiger partial charge in [0.2, 0.25) is 0 Å². The van der Waals surface area contributed by atoms with Crippen LogP contribution in [-0.4, -0.2) is 30.2 Å². The van der Waals surface area contributed by atoms with Gasteiger partial charge in [-0.1, -0.05) is 18.2 Å². The van der Waals surface area contributed by atoms with Gasteiger partial charge in [-0.25, -0.2) is 4.98 Å². The maximum Gasteiger partial charge on any atom is 0.130 e. The van der Waals surface area contributed by atoms with E-state index in [-0.39, 0.29) is 5.54 Å². The van der Waals surface area contributed by atoms with Crippen molar-refractivity contribution in [3.8, 4) is 6.07 Å². The number of pyridine rings is 1. The summed E-state index contributed by atoms with van der Waals surface area (Å²) in [6.07, 6.45) is 0. The van der Waals surface area contributed by atoms with E-state index < -0.39 is 0 Å². The standard InChI is InChI=1S/C16H18N4/c1-16(2)11-20(8-7-18-16)15-9-12(10-17)13-5-3-4-6-14(13)19-15/h3-6,9,18H,7-8,11H2,1-2H3. The number of nitrogens with one attached hydrogen (secondary N) is 1. The molecule has 102 valence electrons. The first-order valence-corrected chi connectivity index (χ1v) is 6.89. The molecule has 1 aromatic heterocycles. The molecule has 20 heavy (non-hydrogen) atoms. The van der Waals surface area contributed by atoms with Gasteiger partial charge in [0.25, 0.3) is 0 Å². The molecule has 0 unspecified atom stereocenters. The summed E-state index contributed by atoms with van der Waals surface area (Å²) in [6.45, 7) is 7.11. The topological polar surface area (TPSA) is 52.0 Å². The van der Waals surface area contributed by atoms with Crippen molar-refractivity contribution in [3.63, 3.8) is 0 Å². The highest BCUT2D eigenvalue weighted by Crippen LogP contribution is 2.24. The lowest BCUT2D eigenvalue weighted by atomic mass is 10.0. The summed E-state index contributed by atoms with van der Waals surface area (Å²) in [6, 6.07) is 12.0. The van der Waals surface area contributed by atoms with Crippen molar-refractivity contribution in [1.82, 2.24) is 10.3 Å². The molecule has 1 saturated heterocycles. The number of nitriles is 1. The molecule has 0 saturated carbocycles. The number of hydrogen-bond acceptors (Lipinski definition) is 4. The Kier molecular flexibility index (Phi) is 3.07. The molecule has 0 atom stereocenters. The second-order valence-corrected chi connectivity index (χ2v) is 5.89. The quantitative estimate of drug-likeness (QED) is 0.860. The summed E-state index contributed by atoms with van der Waals surface area (Å²) in [5, 5.41) is 13.8. The molecule has 0 spiro atoms. The highest BCUT2D eigenvalue weighted by atomic mass is 15.3. The number of piperazine rings is 1. The Labute approximate surface area is 119 Å². The largest absolute Gasteiger partial charge is 0.353 e. The van der Waals surface area contributed by atoms with E-state index in [1.165, 1.54) is 0 Å². The molecular formula is C16H18N4. The van der Waals surface area contributed by atoms with Crippen LogP contribution in [0.5, 0.6) is 0 Å². The van der Waals surface area contributed by atoms with Crippen LogP contribution in [0.15, 0.2) is 30.3 Å². The van der Waals surface area contributed by atoms with E-state index in [9.17, 15) is 5.26 Å². The number of fused-ring (bicyclic) bond motifs is 1. The fourth-order valence-electron chi connectivity index (χ4n) is 2.75. The van der Waals surface area contributed by atoms with Crippen LogP contribution in [0, 0.1) is 11.3 Å². The maximum atomic E-state index is 9.35. The van der Waals surface area contributed by atoms with Crippen LogP contribution in [0.25, 0.3) is 10.9 Å². The molecule has 1 aromatic carbocycles. The van der Waals surface area contributed by atoms with Crippen molar-refractivity contribution < 1.29 is 0 Å². The molecular weight excluding hydrogens is 248 g/mol. The number of para-hydroxylation sites is 1. The van der Waals surface area contributed by atoms with Gasteiger partial charge in [0.1, 0.15) is 5.82 Å². The Morgan fingerprint density at radius 3 is 2.90 bits per heavy atom. The summed E-state index contributed by atoms with van der Waals surface area (Å²) < 4.78 is 0. The third-order valence-electron chi connectivity index (χ3n) is 3.72. The van der Waals surface area contributed by atoms with E-state index in [1.54, 1.807) is 0 Å². The summed E-state index contributed by atoms with van der Waals surface area (Å²) in [5.74, 6) is 0.898. The zero-order chi connectivity index (χ0) is 14.2. The molecule has 1 aliphatic rings. The molecule has 4 heteroatoms. The normalized spacial score (nSPS) is 17.9. The molecule has 0 amide bonds. The van der Waals surface area contributed by atoms with E-state index in [1.807, 2.05) is 30.3 Å².